The fraction of sp³-hybridized carbons (Fsp3) is 0.700. The molecule has 1 aliphatic carbocycles. The van der Waals surface area contributed by atoms with Crippen LogP contribution in [0.25, 0.3) is 0 Å². The average Bonchev–Trinajstić information content (AvgIpc) is 2.41. The zero-order chi connectivity index (χ0) is 12.2. The van der Waals surface area contributed by atoms with Crippen LogP contribution in [0.1, 0.15) is 39.0 Å². The van der Waals surface area contributed by atoms with Gasteiger partial charge < -0.3 is 4.74 Å². The molecule has 0 N–H and O–H groups in total. The highest BCUT2D eigenvalue weighted by atomic mass is 35.7. The van der Waals surface area contributed by atoms with Crippen LogP contribution in [0, 0.1) is 0 Å². The molecule has 0 aromatic rings. The van der Waals surface area contributed by atoms with Gasteiger partial charge in [0.2, 0.25) is 0 Å². The van der Waals surface area contributed by atoms with Crippen LogP contribution >= 0.6 is 10.7 Å². The highest BCUT2D eigenvalue weighted by molar-refractivity contribution is 8.16. The molecule has 1 aliphatic rings. The summed E-state index contributed by atoms with van der Waals surface area (Å²) in [6, 6.07) is 0. The van der Waals surface area contributed by atoms with Crippen LogP contribution in [-0.2, 0) is 18.6 Å². The summed E-state index contributed by atoms with van der Waals surface area (Å²) in [5.74, 6) is -0.552. The van der Waals surface area contributed by atoms with Crippen molar-refractivity contribution in [1.82, 2.24) is 0 Å². The van der Waals surface area contributed by atoms with Crippen molar-refractivity contribution >= 4 is 25.7 Å². The summed E-state index contributed by atoms with van der Waals surface area (Å²) in [5, 5.41) is 0. The molecular weight excluding hydrogens is 252 g/mol. The number of carbonyl (C=O) groups excluding carboxylic acids is 1. The Morgan fingerprint density at radius 1 is 1.31 bits per heavy atom. The number of carbonyl (C=O) groups is 1. The number of rotatable bonds is 3. The van der Waals surface area contributed by atoms with Crippen LogP contribution in [0.15, 0.2) is 10.5 Å². The average molecular weight is 267 g/mol. The fourth-order valence-corrected chi connectivity index (χ4v) is 3.14. The summed E-state index contributed by atoms with van der Waals surface area (Å²) < 4.78 is 27.6. The molecule has 0 unspecified atom stereocenters. The van der Waals surface area contributed by atoms with E-state index in [0.29, 0.717) is 12.8 Å². The minimum atomic E-state index is -3.81. The SMILES string of the molecule is CCOC(=O)C1=C(S(=O)(=O)Cl)CCCCC1. The Balaban J connectivity index is 3.11. The predicted octanol–water partition coefficient (Wildman–Crippen LogP) is 2.34. The first-order valence-electron chi connectivity index (χ1n) is 5.30. The molecule has 92 valence electrons. The minimum Gasteiger partial charge on any atom is -0.463 e. The van der Waals surface area contributed by atoms with Gasteiger partial charge >= 0.3 is 5.97 Å². The molecule has 0 aromatic heterocycles. The normalized spacial score (nSPS) is 18.1. The Kier molecular flexibility index (Phi) is 4.80. The molecule has 0 atom stereocenters. The monoisotopic (exact) mass is 266 g/mol. The number of halogens is 1. The van der Waals surface area contributed by atoms with Crippen molar-refractivity contribution < 1.29 is 17.9 Å². The number of esters is 1. The smallest absolute Gasteiger partial charge is 0.335 e. The van der Waals surface area contributed by atoms with Crippen molar-refractivity contribution in [2.24, 2.45) is 0 Å². The van der Waals surface area contributed by atoms with E-state index in [1.807, 2.05) is 0 Å². The minimum absolute atomic E-state index is 0.0464. The molecule has 16 heavy (non-hydrogen) atoms. The van der Waals surface area contributed by atoms with Gasteiger partial charge in [-0.05, 0) is 32.6 Å². The lowest BCUT2D eigenvalue weighted by Gasteiger charge is -2.08. The number of hydrogen-bond acceptors (Lipinski definition) is 4. The Bertz CT molecular complexity index is 397. The van der Waals surface area contributed by atoms with Gasteiger partial charge in [0, 0.05) is 10.7 Å². The second-order valence-corrected chi connectivity index (χ2v) is 6.21. The second-order valence-electron chi connectivity index (χ2n) is 3.62. The largest absolute Gasteiger partial charge is 0.463 e. The maximum absolute atomic E-state index is 11.6. The van der Waals surface area contributed by atoms with E-state index in [1.165, 1.54) is 0 Å². The summed E-state index contributed by atoms with van der Waals surface area (Å²) in [5.41, 5.74) is 0.231. The number of allylic oxidation sites excluding steroid dienone is 1. The van der Waals surface area contributed by atoms with Gasteiger partial charge in [-0.15, -0.1) is 0 Å². The van der Waals surface area contributed by atoms with E-state index in [2.05, 4.69) is 0 Å². The van der Waals surface area contributed by atoms with Gasteiger partial charge in [-0.1, -0.05) is 6.42 Å². The maximum Gasteiger partial charge on any atom is 0.335 e. The standard InChI is InChI=1S/C10H15ClO4S/c1-2-15-10(12)8-6-4-3-5-7-9(8)16(11,13)14/h2-7H2,1H3. The van der Waals surface area contributed by atoms with Crippen LogP contribution in [0.5, 0.6) is 0 Å². The first-order valence-corrected chi connectivity index (χ1v) is 7.61. The molecule has 1 rings (SSSR count). The van der Waals surface area contributed by atoms with Crippen LogP contribution in [0.3, 0.4) is 0 Å². The molecule has 0 amide bonds. The van der Waals surface area contributed by atoms with Crippen molar-refractivity contribution in [2.45, 2.75) is 39.0 Å². The van der Waals surface area contributed by atoms with Gasteiger partial charge in [0.1, 0.15) is 0 Å². The lowest BCUT2D eigenvalue weighted by Crippen LogP contribution is -2.12. The molecule has 0 radical (unpaired) electrons. The lowest BCUT2D eigenvalue weighted by atomic mass is 10.1. The molecule has 0 aromatic carbocycles. The van der Waals surface area contributed by atoms with Crippen LogP contribution < -0.4 is 0 Å². The summed E-state index contributed by atoms with van der Waals surface area (Å²) >= 11 is 0. The first kappa shape index (κ1) is 13.5. The van der Waals surface area contributed by atoms with E-state index in [0.717, 1.165) is 19.3 Å². The molecule has 4 nitrogen and oxygen atoms in total. The van der Waals surface area contributed by atoms with Crippen LogP contribution in [0.2, 0.25) is 0 Å². The lowest BCUT2D eigenvalue weighted by molar-refractivity contribution is -0.138. The van der Waals surface area contributed by atoms with Gasteiger partial charge in [-0.2, -0.15) is 0 Å². The van der Waals surface area contributed by atoms with Gasteiger partial charge in [0.25, 0.3) is 9.05 Å². The van der Waals surface area contributed by atoms with E-state index >= 15 is 0 Å². The molecule has 0 saturated carbocycles. The predicted molar refractivity (Wildman–Crippen MR) is 61.5 cm³/mol. The van der Waals surface area contributed by atoms with Gasteiger partial charge in [-0.25, -0.2) is 13.2 Å². The van der Waals surface area contributed by atoms with Crippen LogP contribution in [0.4, 0.5) is 0 Å². The Morgan fingerprint density at radius 2 is 1.94 bits per heavy atom. The van der Waals surface area contributed by atoms with E-state index < -0.39 is 15.0 Å². The summed E-state index contributed by atoms with van der Waals surface area (Å²) in [6.07, 6.45) is 3.20. The van der Waals surface area contributed by atoms with Gasteiger partial charge in [-0.3, -0.25) is 0 Å². The molecule has 0 saturated heterocycles. The molecule has 0 aliphatic heterocycles. The topological polar surface area (TPSA) is 60.4 Å². The third kappa shape index (κ3) is 3.49. The van der Waals surface area contributed by atoms with Crippen molar-refractivity contribution in [3.8, 4) is 0 Å². The molecule has 6 heteroatoms. The highest BCUT2D eigenvalue weighted by Crippen LogP contribution is 2.30. The van der Waals surface area contributed by atoms with Gasteiger partial charge in [0.05, 0.1) is 17.1 Å². The summed E-state index contributed by atoms with van der Waals surface area (Å²) in [6.45, 7) is 1.92. The molecule has 0 bridgehead atoms. The quantitative estimate of drug-likeness (QED) is 0.581. The van der Waals surface area contributed by atoms with Gasteiger partial charge in [0.15, 0.2) is 0 Å². The Hall–Kier alpha value is -0.550. The zero-order valence-corrected chi connectivity index (χ0v) is 10.7. The third-order valence-corrected chi connectivity index (χ3v) is 4.08. The Labute approximate surface area is 100 Å². The number of hydrogen-bond donors (Lipinski definition) is 0. The van der Waals surface area contributed by atoms with E-state index in [4.69, 9.17) is 15.4 Å². The van der Waals surface area contributed by atoms with Crippen molar-refractivity contribution in [3.05, 3.63) is 10.5 Å². The second kappa shape index (κ2) is 5.68. The molecular formula is C10H15ClO4S. The van der Waals surface area contributed by atoms with Crippen LogP contribution in [-0.4, -0.2) is 21.0 Å². The number of ether oxygens (including phenoxy) is 1. The van der Waals surface area contributed by atoms with E-state index in [1.54, 1.807) is 6.92 Å². The zero-order valence-electron chi connectivity index (χ0n) is 9.16. The van der Waals surface area contributed by atoms with Crippen molar-refractivity contribution in [3.63, 3.8) is 0 Å². The van der Waals surface area contributed by atoms with E-state index in [-0.39, 0.29) is 17.1 Å². The third-order valence-electron chi connectivity index (χ3n) is 2.48. The molecule has 0 spiro atoms. The summed E-state index contributed by atoms with van der Waals surface area (Å²) in [7, 11) is 1.52. The fourth-order valence-electron chi connectivity index (χ4n) is 1.76. The van der Waals surface area contributed by atoms with Crippen molar-refractivity contribution in [2.75, 3.05) is 6.61 Å². The molecule has 0 heterocycles. The Morgan fingerprint density at radius 3 is 2.50 bits per heavy atom. The van der Waals surface area contributed by atoms with Crippen molar-refractivity contribution in [1.29, 1.82) is 0 Å². The van der Waals surface area contributed by atoms with E-state index in [9.17, 15) is 13.2 Å². The summed E-state index contributed by atoms with van der Waals surface area (Å²) in [4.78, 5) is 11.7. The highest BCUT2D eigenvalue weighted by Gasteiger charge is 2.26. The maximum atomic E-state index is 11.6. The molecule has 0 fully saturated rings. The first-order chi connectivity index (χ1) is 7.46.